The van der Waals surface area contributed by atoms with Crippen molar-refractivity contribution in [1.29, 1.82) is 0 Å². The Morgan fingerprint density at radius 3 is 2.18 bits per heavy atom. The largest absolute Gasteiger partial charge is 0.453 e. The van der Waals surface area contributed by atoms with Gasteiger partial charge in [-0.25, -0.2) is 0 Å². The maximum atomic E-state index is 11.5. The number of hydrogen-bond acceptors (Lipinski definition) is 5. The van der Waals surface area contributed by atoms with Crippen LogP contribution >= 0.6 is 11.6 Å². The van der Waals surface area contributed by atoms with Crippen molar-refractivity contribution in [2.24, 2.45) is 0 Å². The lowest BCUT2D eigenvalue weighted by Gasteiger charge is -2.38. The fraction of sp³-hybridized carbons (Fsp3) is 0.150. The van der Waals surface area contributed by atoms with E-state index in [1.54, 1.807) is 18.3 Å². The number of halogens is 1. The second-order valence-corrected chi connectivity index (χ2v) is 8.35. The van der Waals surface area contributed by atoms with E-state index in [0.29, 0.717) is 22.2 Å². The van der Waals surface area contributed by atoms with Crippen molar-refractivity contribution >= 4 is 33.1 Å². The molecule has 1 aliphatic heterocycles. The van der Waals surface area contributed by atoms with Gasteiger partial charge in [0.1, 0.15) is 0 Å². The van der Waals surface area contributed by atoms with Crippen LogP contribution in [0.2, 0.25) is 5.02 Å². The van der Waals surface area contributed by atoms with Gasteiger partial charge in [0, 0.05) is 6.20 Å². The molecule has 0 saturated carbocycles. The Kier molecular flexibility index (Phi) is 4.97. The monoisotopic (exact) mass is 416 g/mol. The van der Waals surface area contributed by atoms with E-state index >= 15 is 0 Å². The number of rotatable bonds is 5. The zero-order valence-corrected chi connectivity index (χ0v) is 16.3. The zero-order chi connectivity index (χ0) is 19.7. The summed E-state index contributed by atoms with van der Waals surface area (Å²) in [5.41, 5.74) is 2.06. The number of aromatic nitrogens is 1. The normalized spacial score (nSPS) is 14.0. The molecule has 1 aromatic heterocycles. The maximum absolute atomic E-state index is 11.5. The van der Waals surface area contributed by atoms with Crippen molar-refractivity contribution < 1.29 is 17.7 Å². The van der Waals surface area contributed by atoms with Gasteiger partial charge in [0.15, 0.2) is 11.5 Å². The first-order valence-electron chi connectivity index (χ1n) is 8.65. The number of para-hydroxylation sites is 4. The summed E-state index contributed by atoms with van der Waals surface area (Å²) in [6, 6.07) is 17.9. The third-order valence-corrected chi connectivity index (χ3v) is 5.60. The second kappa shape index (κ2) is 7.43. The van der Waals surface area contributed by atoms with Gasteiger partial charge in [-0.3, -0.25) is 9.54 Å². The number of hydrogen-bond donors (Lipinski definition) is 1. The molecule has 1 atom stereocenters. The third-order valence-electron chi connectivity index (χ3n) is 4.53. The Bertz CT molecular complexity index is 1070. The molecular weight excluding hydrogens is 400 g/mol. The average molecular weight is 417 g/mol. The molecule has 0 aliphatic carbocycles. The van der Waals surface area contributed by atoms with Crippen molar-refractivity contribution in [2.75, 3.05) is 10.7 Å². The fourth-order valence-electron chi connectivity index (χ4n) is 3.36. The van der Waals surface area contributed by atoms with Gasteiger partial charge in [-0.2, -0.15) is 8.42 Å². The first-order valence-corrected chi connectivity index (χ1v) is 10.6. The van der Waals surface area contributed by atoms with Gasteiger partial charge in [0.25, 0.3) is 10.1 Å². The Balaban J connectivity index is 1.89. The summed E-state index contributed by atoms with van der Waals surface area (Å²) >= 11 is 6.41. The highest BCUT2D eigenvalue weighted by atomic mass is 35.5. The van der Waals surface area contributed by atoms with Crippen LogP contribution in [0.4, 0.5) is 11.4 Å². The first kappa shape index (κ1) is 18.7. The molecule has 0 saturated heterocycles. The van der Waals surface area contributed by atoms with Crippen LogP contribution in [0.1, 0.15) is 18.2 Å². The number of nitrogens with zero attached hydrogens (tertiary/aromatic N) is 2. The number of benzene rings is 2. The molecule has 144 valence electrons. The van der Waals surface area contributed by atoms with Crippen molar-refractivity contribution in [3.63, 3.8) is 0 Å². The summed E-state index contributed by atoms with van der Waals surface area (Å²) in [7, 11) is -4.16. The molecule has 3 aromatic rings. The molecule has 0 amide bonds. The maximum Gasteiger partial charge on any atom is 0.264 e. The summed E-state index contributed by atoms with van der Waals surface area (Å²) < 4.78 is 38.3. The molecule has 2 heterocycles. The van der Waals surface area contributed by atoms with E-state index in [2.05, 4.69) is 4.98 Å². The highest BCUT2D eigenvalue weighted by Gasteiger charge is 2.33. The van der Waals surface area contributed by atoms with Crippen LogP contribution in [-0.2, 0) is 10.1 Å². The zero-order valence-electron chi connectivity index (χ0n) is 14.7. The van der Waals surface area contributed by atoms with E-state index in [4.69, 9.17) is 16.3 Å². The summed E-state index contributed by atoms with van der Waals surface area (Å²) in [5.74, 6) is 0.863. The van der Waals surface area contributed by atoms with Gasteiger partial charge in [0.2, 0.25) is 0 Å². The van der Waals surface area contributed by atoms with Crippen LogP contribution in [0.3, 0.4) is 0 Å². The van der Waals surface area contributed by atoms with Gasteiger partial charge >= 0.3 is 0 Å². The summed E-state index contributed by atoms with van der Waals surface area (Å²) in [6.45, 7) is 0. The van der Waals surface area contributed by atoms with E-state index in [-0.39, 0.29) is 6.42 Å². The SMILES string of the molecule is O=S(=O)(O)CCC(c1ncccc1Cl)N1c2ccccc2Oc2ccccc21. The topological polar surface area (TPSA) is 79.7 Å². The van der Waals surface area contributed by atoms with Crippen molar-refractivity contribution in [3.05, 3.63) is 77.6 Å². The van der Waals surface area contributed by atoms with Crippen LogP contribution in [0.15, 0.2) is 66.9 Å². The van der Waals surface area contributed by atoms with Gasteiger partial charge in [-0.05, 0) is 42.8 Å². The quantitative estimate of drug-likeness (QED) is 0.589. The Morgan fingerprint density at radius 1 is 1.00 bits per heavy atom. The Morgan fingerprint density at radius 2 is 1.61 bits per heavy atom. The van der Waals surface area contributed by atoms with Crippen molar-refractivity contribution in [1.82, 2.24) is 4.98 Å². The van der Waals surface area contributed by atoms with Crippen LogP contribution < -0.4 is 9.64 Å². The minimum atomic E-state index is -4.16. The number of ether oxygens (including phenoxy) is 1. The van der Waals surface area contributed by atoms with Crippen molar-refractivity contribution in [2.45, 2.75) is 12.5 Å². The molecule has 1 unspecified atom stereocenters. The van der Waals surface area contributed by atoms with E-state index in [1.165, 1.54) is 0 Å². The average Bonchev–Trinajstić information content (AvgIpc) is 2.67. The third kappa shape index (κ3) is 3.69. The Hall–Kier alpha value is -2.61. The molecule has 1 N–H and O–H groups in total. The molecule has 8 heteroatoms. The van der Waals surface area contributed by atoms with Crippen LogP contribution in [0, 0.1) is 0 Å². The first-order chi connectivity index (χ1) is 13.4. The molecule has 0 bridgehead atoms. The van der Waals surface area contributed by atoms with E-state index in [1.807, 2.05) is 53.4 Å². The second-order valence-electron chi connectivity index (χ2n) is 6.37. The predicted octanol–water partition coefficient (Wildman–Crippen LogP) is 5.00. The van der Waals surface area contributed by atoms with E-state index in [9.17, 15) is 13.0 Å². The van der Waals surface area contributed by atoms with Crippen LogP contribution in [-0.4, -0.2) is 23.7 Å². The van der Waals surface area contributed by atoms with Gasteiger partial charge in [0.05, 0.1) is 33.9 Å². The van der Waals surface area contributed by atoms with E-state index < -0.39 is 21.9 Å². The van der Waals surface area contributed by atoms with Crippen LogP contribution in [0.25, 0.3) is 0 Å². The summed E-state index contributed by atoms with van der Waals surface area (Å²) in [6.07, 6.45) is 1.71. The highest BCUT2D eigenvalue weighted by molar-refractivity contribution is 7.85. The van der Waals surface area contributed by atoms with E-state index in [0.717, 1.165) is 11.4 Å². The summed E-state index contributed by atoms with van der Waals surface area (Å²) in [4.78, 5) is 6.38. The van der Waals surface area contributed by atoms with Gasteiger partial charge in [-0.15, -0.1) is 0 Å². The standard InChI is InChI=1S/C20H17ClN2O4S/c21-14-6-5-12-22-20(14)17(11-13-28(24,25)26)23-15-7-1-3-9-18(15)27-19-10-4-2-8-16(19)23/h1-10,12,17H,11,13H2,(H,24,25,26). The lowest BCUT2D eigenvalue weighted by Crippen LogP contribution is -2.29. The lowest BCUT2D eigenvalue weighted by atomic mass is 10.0. The molecule has 2 aromatic carbocycles. The Labute approximate surface area is 168 Å². The molecule has 4 rings (SSSR count). The molecule has 28 heavy (non-hydrogen) atoms. The summed E-state index contributed by atoms with van der Waals surface area (Å²) in [5, 5.41) is 0.421. The smallest absolute Gasteiger partial charge is 0.264 e. The van der Waals surface area contributed by atoms with Crippen molar-refractivity contribution in [3.8, 4) is 11.5 Å². The number of pyridine rings is 1. The number of anilines is 2. The highest BCUT2D eigenvalue weighted by Crippen LogP contribution is 2.51. The molecule has 0 radical (unpaired) electrons. The molecule has 0 spiro atoms. The van der Waals surface area contributed by atoms with Gasteiger partial charge < -0.3 is 9.64 Å². The van der Waals surface area contributed by atoms with Gasteiger partial charge in [-0.1, -0.05) is 35.9 Å². The lowest BCUT2D eigenvalue weighted by molar-refractivity contribution is 0.460. The number of fused-ring (bicyclic) bond motifs is 2. The molecule has 6 nitrogen and oxygen atoms in total. The predicted molar refractivity (Wildman–Crippen MR) is 108 cm³/mol. The molecule has 1 aliphatic rings. The van der Waals surface area contributed by atoms with Crippen LogP contribution in [0.5, 0.6) is 11.5 Å². The molecule has 0 fully saturated rings. The fourth-order valence-corrected chi connectivity index (χ4v) is 4.13. The minimum Gasteiger partial charge on any atom is -0.453 e. The molecular formula is C20H17ClN2O4S. The minimum absolute atomic E-state index is 0.0955.